The van der Waals surface area contributed by atoms with Crippen LogP contribution in [0.25, 0.3) is 16.7 Å². The zero-order chi connectivity index (χ0) is 30.0. The van der Waals surface area contributed by atoms with Crippen LogP contribution in [0.15, 0.2) is 53.7 Å². The number of carbonyl (C=O) groups excluding carboxylic acids is 1. The van der Waals surface area contributed by atoms with Gasteiger partial charge in [0.05, 0.1) is 46.7 Å². The molecule has 0 radical (unpaired) electrons. The van der Waals surface area contributed by atoms with Crippen molar-refractivity contribution in [2.75, 3.05) is 50.2 Å². The second-order valence-corrected chi connectivity index (χ2v) is 10.6. The van der Waals surface area contributed by atoms with Gasteiger partial charge in [-0.3, -0.25) is 9.79 Å². The normalized spacial score (nSPS) is 15.5. The molecular weight excluding hydrogens is 584 g/mol. The number of carbonyl (C=O) groups is 2. The topological polar surface area (TPSA) is 120 Å². The van der Waals surface area contributed by atoms with Crippen molar-refractivity contribution in [1.82, 2.24) is 4.90 Å². The van der Waals surface area contributed by atoms with E-state index in [1.807, 2.05) is 11.0 Å². The number of amides is 1. The first kappa shape index (κ1) is 29.4. The summed E-state index contributed by atoms with van der Waals surface area (Å²) in [6.07, 6.45) is 2.94. The molecular formula is C30H28Cl2FN5O4. The van der Waals surface area contributed by atoms with Crippen LogP contribution in [-0.2, 0) is 11.3 Å². The van der Waals surface area contributed by atoms with Crippen LogP contribution in [0.4, 0.5) is 15.8 Å². The van der Waals surface area contributed by atoms with Gasteiger partial charge in [0.15, 0.2) is 0 Å². The van der Waals surface area contributed by atoms with Crippen LogP contribution in [0.2, 0.25) is 10.0 Å². The van der Waals surface area contributed by atoms with E-state index < -0.39 is 11.8 Å². The van der Waals surface area contributed by atoms with E-state index in [2.05, 4.69) is 10.3 Å². The molecule has 0 saturated carbocycles. The molecule has 5 rings (SSSR count). The Morgan fingerprint density at radius 1 is 1.12 bits per heavy atom. The molecule has 0 bridgehead atoms. The minimum Gasteiger partial charge on any atom is -0.478 e. The summed E-state index contributed by atoms with van der Waals surface area (Å²) in [7, 11) is 1.61. The fraction of sp³-hybridized carbons (Fsp3) is 0.233. The van der Waals surface area contributed by atoms with Crippen LogP contribution in [0.1, 0.15) is 31.8 Å². The van der Waals surface area contributed by atoms with Gasteiger partial charge in [-0.25, -0.2) is 9.18 Å². The lowest BCUT2D eigenvalue weighted by Gasteiger charge is -2.33. The quantitative estimate of drug-likeness (QED) is 0.321. The summed E-state index contributed by atoms with van der Waals surface area (Å²) in [5.74, 6) is -2.24. The SMILES string of the molecule is CN=CC(=CN)c1cc(Cl)c(C(=O)N2CNc3c(cccc3-c3cc(N4CCOCC4)c(C(=O)O)cc3F)C2)c(Cl)c1. The molecule has 1 amide bonds. The third kappa shape index (κ3) is 5.65. The molecule has 0 aliphatic carbocycles. The Hall–Kier alpha value is -4.12. The Morgan fingerprint density at radius 3 is 2.48 bits per heavy atom. The van der Waals surface area contributed by atoms with E-state index in [0.717, 1.165) is 11.6 Å². The molecule has 0 unspecified atom stereocenters. The van der Waals surface area contributed by atoms with E-state index in [1.165, 1.54) is 6.20 Å². The Labute approximate surface area is 252 Å². The van der Waals surface area contributed by atoms with E-state index in [9.17, 15) is 14.7 Å². The Morgan fingerprint density at radius 2 is 1.83 bits per heavy atom. The van der Waals surface area contributed by atoms with E-state index in [4.69, 9.17) is 33.7 Å². The number of hydrogen-bond acceptors (Lipinski definition) is 7. The number of para-hydroxylation sites is 1. The molecule has 9 nitrogen and oxygen atoms in total. The number of nitrogens with one attached hydrogen (secondary N) is 1. The molecule has 4 N–H and O–H groups in total. The number of ether oxygens (including phenoxy) is 1. The summed E-state index contributed by atoms with van der Waals surface area (Å²) >= 11 is 13.1. The van der Waals surface area contributed by atoms with Gasteiger partial charge in [-0.05, 0) is 35.4 Å². The van der Waals surface area contributed by atoms with Gasteiger partial charge in [-0.15, -0.1) is 0 Å². The first-order valence-corrected chi connectivity index (χ1v) is 13.9. The number of morpholine rings is 1. The molecule has 0 aromatic heterocycles. The number of carboxylic acid groups (broad SMARTS) is 1. The van der Waals surface area contributed by atoms with Crippen molar-refractivity contribution >= 4 is 58.2 Å². The summed E-state index contributed by atoms with van der Waals surface area (Å²) in [6.45, 7) is 2.22. The Kier molecular flexibility index (Phi) is 8.67. The van der Waals surface area contributed by atoms with Crippen LogP contribution in [0.5, 0.6) is 0 Å². The van der Waals surface area contributed by atoms with Crippen LogP contribution in [0, 0.1) is 5.82 Å². The third-order valence-corrected chi connectivity index (χ3v) is 7.84. The number of aliphatic imine (C=N–C) groups is 1. The number of halogens is 3. The van der Waals surface area contributed by atoms with Crippen molar-refractivity contribution in [2.45, 2.75) is 6.54 Å². The van der Waals surface area contributed by atoms with E-state index >= 15 is 4.39 Å². The number of anilines is 2. The van der Waals surface area contributed by atoms with Gasteiger partial charge in [-0.2, -0.15) is 0 Å². The summed E-state index contributed by atoms with van der Waals surface area (Å²) in [6, 6.07) is 11.2. The van der Waals surface area contributed by atoms with Crippen molar-refractivity contribution in [3.8, 4) is 11.1 Å². The molecule has 0 atom stereocenters. The van der Waals surface area contributed by atoms with Gasteiger partial charge >= 0.3 is 5.97 Å². The fourth-order valence-electron chi connectivity index (χ4n) is 5.21. The number of carboxylic acids is 1. The molecule has 1 saturated heterocycles. The second-order valence-electron chi connectivity index (χ2n) is 9.76. The average molecular weight is 612 g/mol. The first-order chi connectivity index (χ1) is 20.2. The predicted octanol–water partition coefficient (Wildman–Crippen LogP) is 5.36. The number of hydrogen-bond donors (Lipinski definition) is 3. The molecule has 1 fully saturated rings. The van der Waals surface area contributed by atoms with Gasteiger partial charge in [0.2, 0.25) is 0 Å². The minimum atomic E-state index is -1.21. The van der Waals surface area contributed by atoms with Crippen LogP contribution in [0.3, 0.4) is 0 Å². The van der Waals surface area contributed by atoms with Crippen molar-refractivity contribution in [1.29, 1.82) is 0 Å². The van der Waals surface area contributed by atoms with Crippen LogP contribution >= 0.6 is 23.2 Å². The number of aromatic carboxylic acids is 1. The van der Waals surface area contributed by atoms with Gasteiger partial charge in [0, 0.05) is 61.5 Å². The van der Waals surface area contributed by atoms with Crippen molar-refractivity contribution < 1.29 is 23.8 Å². The predicted molar refractivity (Wildman–Crippen MR) is 163 cm³/mol. The van der Waals surface area contributed by atoms with E-state index in [-0.39, 0.29) is 45.9 Å². The molecule has 0 spiro atoms. The number of nitrogens with zero attached hydrogens (tertiary/aromatic N) is 3. The number of fused-ring (bicyclic) bond motifs is 1. The van der Waals surface area contributed by atoms with Crippen LogP contribution < -0.4 is 16.0 Å². The maximum Gasteiger partial charge on any atom is 0.337 e. The molecule has 3 aromatic carbocycles. The monoisotopic (exact) mass is 611 g/mol. The highest BCUT2D eigenvalue weighted by Crippen LogP contribution is 2.39. The Bertz CT molecular complexity index is 1600. The molecule has 2 aliphatic rings. The molecule has 3 aromatic rings. The lowest BCUT2D eigenvalue weighted by molar-refractivity contribution is 0.0694. The van der Waals surface area contributed by atoms with Crippen molar-refractivity contribution in [3.63, 3.8) is 0 Å². The second kappa shape index (κ2) is 12.4. The van der Waals surface area contributed by atoms with Crippen LogP contribution in [-0.4, -0.2) is 68.1 Å². The number of allylic oxidation sites excluding steroid dienone is 1. The van der Waals surface area contributed by atoms with Gasteiger partial charge < -0.3 is 30.7 Å². The molecule has 42 heavy (non-hydrogen) atoms. The highest BCUT2D eigenvalue weighted by Gasteiger charge is 2.29. The van der Waals surface area contributed by atoms with E-state index in [1.54, 1.807) is 48.5 Å². The maximum absolute atomic E-state index is 15.4. The fourth-order valence-corrected chi connectivity index (χ4v) is 5.85. The summed E-state index contributed by atoms with van der Waals surface area (Å²) in [5, 5.41) is 13.3. The van der Waals surface area contributed by atoms with Gasteiger partial charge in [0.1, 0.15) is 5.82 Å². The summed E-state index contributed by atoms with van der Waals surface area (Å²) in [5.41, 5.74) is 9.61. The molecule has 218 valence electrons. The minimum absolute atomic E-state index is 0.108. The van der Waals surface area contributed by atoms with Crippen molar-refractivity contribution in [2.24, 2.45) is 10.7 Å². The zero-order valence-corrected chi connectivity index (χ0v) is 24.2. The van der Waals surface area contributed by atoms with Crippen molar-refractivity contribution in [3.05, 3.63) is 86.8 Å². The molecule has 2 aliphatic heterocycles. The highest BCUT2D eigenvalue weighted by atomic mass is 35.5. The lowest BCUT2D eigenvalue weighted by atomic mass is 9.95. The number of rotatable bonds is 6. The zero-order valence-electron chi connectivity index (χ0n) is 22.7. The highest BCUT2D eigenvalue weighted by molar-refractivity contribution is 6.40. The first-order valence-electron chi connectivity index (χ1n) is 13.1. The van der Waals surface area contributed by atoms with E-state index in [0.29, 0.717) is 54.4 Å². The lowest BCUT2D eigenvalue weighted by Crippen LogP contribution is -2.39. The summed E-state index contributed by atoms with van der Waals surface area (Å²) < 4.78 is 20.9. The molecule has 12 heteroatoms. The maximum atomic E-state index is 15.4. The standard InChI is InChI=1S/C30H28Cl2FN5O4/c1-35-14-19(13-34)18-9-23(31)27(24(32)10-18)29(39)38-15-17-3-2-4-20(28(17)36-16-38)21-12-26(37-5-7-42-8-6-37)22(30(40)41)11-25(21)33/h2-4,9-14,36H,5-8,15-16,34H2,1H3,(H,40,41). The largest absolute Gasteiger partial charge is 0.478 e. The smallest absolute Gasteiger partial charge is 0.337 e. The average Bonchev–Trinajstić information content (AvgIpc) is 2.99. The number of nitrogens with two attached hydrogens (primary N) is 1. The third-order valence-electron chi connectivity index (χ3n) is 7.24. The molecule has 2 heterocycles. The Balaban J connectivity index is 1.47. The summed E-state index contributed by atoms with van der Waals surface area (Å²) in [4.78, 5) is 32.9. The van der Waals surface area contributed by atoms with Gasteiger partial charge in [-0.1, -0.05) is 41.4 Å². The van der Waals surface area contributed by atoms with Gasteiger partial charge in [0.25, 0.3) is 5.91 Å². The number of benzene rings is 3.